The van der Waals surface area contributed by atoms with Crippen LogP contribution in [0, 0.1) is 56.7 Å². The summed E-state index contributed by atoms with van der Waals surface area (Å²) < 4.78 is 6.18. The molecule has 0 bridgehead atoms. The predicted molar refractivity (Wildman–Crippen MR) is 160 cm³/mol. The SMILES string of the molecule is C[C@@H]1CC[C@]2(C(=O)OCc3ccccc3)CC[C@]3(C)C(=CCC4[C@@]5(C)CCC(=O)C(C)(C)C5CC[C@]43C)C2[C@H]1C. The van der Waals surface area contributed by atoms with Gasteiger partial charge in [-0.25, -0.2) is 0 Å². The summed E-state index contributed by atoms with van der Waals surface area (Å²) in [7, 11) is 0. The summed E-state index contributed by atoms with van der Waals surface area (Å²) in [5, 5.41) is 0. The number of esters is 1. The predicted octanol–water partition coefficient (Wildman–Crippen LogP) is 8.96. The number of Topliss-reactive ketones (excluding diaryl/α,β-unsaturated/α-hetero) is 1. The molecule has 5 aliphatic rings. The van der Waals surface area contributed by atoms with Crippen LogP contribution in [0.1, 0.15) is 112 Å². The molecule has 3 heteroatoms. The van der Waals surface area contributed by atoms with Gasteiger partial charge in [0, 0.05) is 11.8 Å². The van der Waals surface area contributed by atoms with Crippen LogP contribution in [-0.2, 0) is 20.9 Å². The van der Waals surface area contributed by atoms with Crippen LogP contribution in [0.3, 0.4) is 0 Å². The second-order valence-corrected chi connectivity index (χ2v) is 16.0. The maximum absolute atomic E-state index is 14.2. The van der Waals surface area contributed by atoms with Gasteiger partial charge in [0.05, 0.1) is 5.41 Å². The van der Waals surface area contributed by atoms with Gasteiger partial charge in [0.1, 0.15) is 12.4 Å². The zero-order chi connectivity index (χ0) is 28.7. The van der Waals surface area contributed by atoms with E-state index in [2.05, 4.69) is 54.5 Å². The van der Waals surface area contributed by atoms with E-state index in [-0.39, 0.29) is 33.5 Å². The molecule has 0 N–H and O–H groups in total. The monoisotopic (exact) mass is 544 g/mol. The molecule has 218 valence electrons. The Kier molecular flexibility index (Phi) is 6.56. The fourth-order valence-electron chi connectivity index (χ4n) is 11.5. The molecule has 0 radical (unpaired) electrons. The Labute approximate surface area is 242 Å². The third kappa shape index (κ3) is 3.67. The second kappa shape index (κ2) is 9.30. The highest BCUT2D eigenvalue weighted by Gasteiger charge is 2.69. The van der Waals surface area contributed by atoms with E-state index in [1.165, 1.54) is 6.42 Å². The normalized spacial score (nSPS) is 45.7. The van der Waals surface area contributed by atoms with Crippen molar-refractivity contribution < 1.29 is 14.3 Å². The van der Waals surface area contributed by atoms with Crippen LogP contribution >= 0.6 is 0 Å². The number of hydrogen-bond acceptors (Lipinski definition) is 3. The number of benzene rings is 1. The van der Waals surface area contributed by atoms with Crippen molar-refractivity contribution in [1.82, 2.24) is 0 Å². The summed E-state index contributed by atoms with van der Waals surface area (Å²) in [6.45, 7) is 17.4. The first kappa shape index (κ1) is 28.2. The van der Waals surface area contributed by atoms with Crippen LogP contribution in [0.4, 0.5) is 0 Å². The largest absolute Gasteiger partial charge is 0.460 e. The van der Waals surface area contributed by atoms with Crippen LogP contribution in [0.15, 0.2) is 42.0 Å². The zero-order valence-electron chi connectivity index (χ0n) is 26.1. The number of carbonyl (C=O) groups is 2. The maximum Gasteiger partial charge on any atom is 0.313 e. The minimum absolute atomic E-state index is 0.0403. The third-order valence-corrected chi connectivity index (χ3v) is 14.4. The Bertz CT molecular complexity index is 1210. The van der Waals surface area contributed by atoms with Crippen molar-refractivity contribution in [2.75, 3.05) is 0 Å². The molecule has 3 nitrogen and oxygen atoms in total. The molecular weight excluding hydrogens is 492 g/mol. The molecule has 1 aromatic carbocycles. The van der Waals surface area contributed by atoms with E-state index in [4.69, 9.17) is 4.74 Å². The Morgan fingerprint density at radius 2 is 1.62 bits per heavy atom. The first-order valence-electron chi connectivity index (χ1n) is 16.3. The number of ketones is 1. The molecule has 4 saturated carbocycles. The fourth-order valence-corrected chi connectivity index (χ4v) is 11.5. The Morgan fingerprint density at radius 1 is 0.900 bits per heavy atom. The molecule has 4 fully saturated rings. The van der Waals surface area contributed by atoms with Gasteiger partial charge in [-0.2, -0.15) is 0 Å². The average molecular weight is 545 g/mol. The van der Waals surface area contributed by atoms with Gasteiger partial charge < -0.3 is 4.74 Å². The molecule has 6 rings (SSSR count). The van der Waals surface area contributed by atoms with E-state index in [1.807, 2.05) is 30.3 Å². The highest BCUT2D eigenvalue weighted by atomic mass is 16.5. The molecule has 0 amide bonds. The molecule has 5 aliphatic carbocycles. The van der Waals surface area contributed by atoms with E-state index in [0.717, 1.165) is 56.9 Å². The number of ether oxygens (including phenoxy) is 1. The molecule has 0 saturated heterocycles. The molecule has 0 aliphatic heterocycles. The molecule has 9 atom stereocenters. The van der Waals surface area contributed by atoms with Crippen LogP contribution in [0.5, 0.6) is 0 Å². The van der Waals surface area contributed by atoms with Gasteiger partial charge in [0.25, 0.3) is 0 Å². The summed E-state index contributed by atoms with van der Waals surface area (Å²) in [6, 6.07) is 10.1. The highest BCUT2D eigenvalue weighted by molar-refractivity contribution is 5.85. The number of carbonyl (C=O) groups excluding carboxylic acids is 2. The van der Waals surface area contributed by atoms with Gasteiger partial charge in [-0.1, -0.05) is 90.4 Å². The molecule has 0 heterocycles. The molecule has 1 aromatic rings. The standard InChI is InChI=1S/C37H52O3/c1-24-15-20-37(32(39)40-23-26-11-9-8-10-12-26)22-21-35(6)27(31(37)25(24)2)13-14-29-34(5)18-17-30(38)33(3,4)28(34)16-19-36(29,35)7/h8-13,24-25,28-29,31H,14-23H2,1-7H3/t24-,25+,28?,29?,31?,34+,35-,36-,37+/m1/s1. The van der Waals surface area contributed by atoms with Crippen LogP contribution in [0.25, 0.3) is 0 Å². The van der Waals surface area contributed by atoms with Gasteiger partial charge in [-0.15, -0.1) is 0 Å². The van der Waals surface area contributed by atoms with E-state index in [0.29, 0.717) is 36.1 Å². The lowest BCUT2D eigenvalue weighted by Gasteiger charge is -2.70. The van der Waals surface area contributed by atoms with E-state index in [1.54, 1.807) is 5.57 Å². The lowest BCUT2D eigenvalue weighted by Crippen LogP contribution is -2.65. The van der Waals surface area contributed by atoms with Gasteiger partial charge in [-0.05, 0) is 103 Å². The molecule has 3 unspecified atom stereocenters. The summed E-state index contributed by atoms with van der Waals surface area (Å²) in [5.74, 6) is 2.87. The van der Waals surface area contributed by atoms with Crippen molar-refractivity contribution in [1.29, 1.82) is 0 Å². The molecule has 0 spiro atoms. The zero-order valence-corrected chi connectivity index (χ0v) is 26.1. The van der Waals surface area contributed by atoms with Crippen molar-refractivity contribution >= 4 is 11.8 Å². The van der Waals surface area contributed by atoms with Crippen molar-refractivity contribution in [3.05, 3.63) is 47.5 Å². The van der Waals surface area contributed by atoms with Gasteiger partial charge in [-0.3, -0.25) is 9.59 Å². The Balaban J connectivity index is 1.38. The van der Waals surface area contributed by atoms with Gasteiger partial charge >= 0.3 is 5.97 Å². The number of rotatable bonds is 3. The quantitative estimate of drug-likeness (QED) is 0.282. The molecule has 40 heavy (non-hydrogen) atoms. The summed E-state index contributed by atoms with van der Waals surface area (Å²) in [4.78, 5) is 27.2. The first-order valence-corrected chi connectivity index (χ1v) is 16.3. The van der Waals surface area contributed by atoms with Gasteiger partial charge in [0.2, 0.25) is 0 Å². The summed E-state index contributed by atoms with van der Waals surface area (Å²) in [6.07, 6.45) is 11.9. The van der Waals surface area contributed by atoms with E-state index >= 15 is 0 Å². The van der Waals surface area contributed by atoms with E-state index in [9.17, 15) is 9.59 Å². The third-order valence-electron chi connectivity index (χ3n) is 14.4. The topological polar surface area (TPSA) is 43.4 Å². The number of fused-ring (bicyclic) bond motifs is 7. The van der Waals surface area contributed by atoms with Crippen molar-refractivity contribution in [2.24, 2.45) is 56.7 Å². The van der Waals surface area contributed by atoms with Crippen LogP contribution < -0.4 is 0 Å². The summed E-state index contributed by atoms with van der Waals surface area (Å²) >= 11 is 0. The minimum atomic E-state index is -0.407. The minimum Gasteiger partial charge on any atom is -0.460 e. The lowest BCUT2D eigenvalue weighted by atomic mass is 9.33. The lowest BCUT2D eigenvalue weighted by molar-refractivity contribution is -0.193. The van der Waals surface area contributed by atoms with Crippen LogP contribution in [-0.4, -0.2) is 11.8 Å². The van der Waals surface area contributed by atoms with Gasteiger partial charge in [0.15, 0.2) is 0 Å². The number of hydrogen-bond donors (Lipinski definition) is 0. The second-order valence-electron chi connectivity index (χ2n) is 16.0. The highest BCUT2D eigenvalue weighted by Crippen LogP contribution is 2.75. The Morgan fingerprint density at radius 3 is 2.35 bits per heavy atom. The molecular formula is C37H52O3. The number of allylic oxidation sites excluding steroid dienone is 2. The van der Waals surface area contributed by atoms with Crippen molar-refractivity contribution in [2.45, 2.75) is 113 Å². The smallest absolute Gasteiger partial charge is 0.313 e. The average Bonchev–Trinajstić information content (AvgIpc) is 2.92. The van der Waals surface area contributed by atoms with Crippen LogP contribution in [0.2, 0.25) is 0 Å². The first-order chi connectivity index (χ1) is 18.8. The Hall–Kier alpha value is -1.90. The van der Waals surface area contributed by atoms with Crippen molar-refractivity contribution in [3.8, 4) is 0 Å². The van der Waals surface area contributed by atoms with Crippen molar-refractivity contribution in [3.63, 3.8) is 0 Å². The molecule has 0 aromatic heterocycles. The maximum atomic E-state index is 14.2. The summed E-state index contributed by atoms with van der Waals surface area (Å²) in [5.41, 5.74) is 2.46. The van der Waals surface area contributed by atoms with E-state index < -0.39 is 5.41 Å². The fraction of sp³-hybridized carbons (Fsp3) is 0.730.